The van der Waals surface area contributed by atoms with Crippen LogP contribution >= 0.6 is 0 Å². The summed E-state index contributed by atoms with van der Waals surface area (Å²) in [5.74, 6) is 0.684. The van der Waals surface area contributed by atoms with Crippen LogP contribution in [0.25, 0.3) is 0 Å². The summed E-state index contributed by atoms with van der Waals surface area (Å²) in [5.41, 5.74) is -0.661. The van der Waals surface area contributed by atoms with E-state index >= 15 is 0 Å². The summed E-state index contributed by atoms with van der Waals surface area (Å²) in [7, 11) is 3.11. The maximum absolute atomic E-state index is 11.8. The van der Waals surface area contributed by atoms with Gasteiger partial charge in [-0.2, -0.15) is 0 Å². The zero-order chi connectivity index (χ0) is 15.6. The molecule has 6 heteroatoms. The first-order valence-corrected chi connectivity index (χ1v) is 7.51. The smallest absolute Gasteiger partial charge is 0.330 e. The molecule has 1 aromatic rings. The van der Waals surface area contributed by atoms with Gasteiger partial charge < -0.3 is 10.4 Å². The standard InChI is InChI=1S/C15H25N3O3/c1-11-4-6-15(21,7-5-11)10-16-9-12-8-13(19)18(3)14(20)17(12)2/h8,11,16,21H,4-7,9-10H2,1-3H3. The van der Waals surface area contributed by atoms with Gasteiger partial charge in [0, 0.05) is 38.9 Å². The minimum atomic E-state index is -0.662. The average Bonchev–Trinajstić information content (AvgIpc) is 2.46. The van der Waals surface area contributed by atoms with Gasteiger partial charge in [-0.15, -0.1) is 0 Å². The average molecular weight is 295 g/mol. The summed E-state index contributed by atoms with van der Waals surface area (Å²) in [6.07, 6.45) is 3.69. The minimum Gasteiger partial charge on any atom is -0.389 e. The first kappa shape index (κ1) is 16.0. The Bertz CT molecular complexity index is 610. The predicted octanol–water partition coefficient (Wildman–Crippen LogP) is 0.115. The zero-order valence-electron chi connectivity index (χ0n) is 13.1. The first-order valence-electron chi connectivity index (χ1n) is 7.51. The fourth-order valence-electron chi connectivity index (χ4n) is 2.85. The Labute approximate surface area is 124 Å². The Morgan fingerprint density at radius 2 is 1.90 bits per heavy atom. The largest absolute Gasteiger partial charge is 0.389 e. The maximum atomic E-state index is 11.8. The molecule has 0 amide bonds. The molecular weight excluding hydrogens is 270 g/mol. The molecule has 21 heavy (non-hydrogen) atoms. The van der Waals surface area contributed by atoms with Gasteiger partial charge in [-0.25, -0.2) is 4.79 Å². The summed E-state index contributed by atoms with van der Waals surface area (Å²) in [6.45, 7) is 3.10. The molecule has 1 fully saturated rings. The summed E-state index contributed by atoms with van der Waals surface area (Å²) >= 11 is 0. The van der Waals surface area contributed by atoms with Crippen molar-refractivity contribution in [2.24, 2.45) is 20.0 Å². The van der Waals surface area contributed by atoms with E-state index in [0.29, 0.717) is 24.7 Å². The zero-order valence-corrected chi connectivity index (χ0v) is 13.1. The molecule has 1 aliphatic carbocycles. The third kappa shape index (κ3) is 3.63. The molecule has 2 N–H and O–H groups in total. The minimum absolute atomic E-state index is 0.305. The molecule has 0 aromatic carbocycles. The second-order valence-corrected chi connectivity index (χ2v) is 6.38. The van der Waals surface area contributed by atoms with Crippen LogP contribution in [0, 0.1) is 5.92 Å². The Morgan fingerprint density at radius 1 is 1.29 bits per heavy atom. The van der Waals surface area contributed by atoms with Crippen LogP contribution in [0.4, 0.5) is 0 Å². The molecule has 0 aliphatic heterocycles. The summed E-state index contributed by atoms with van der Waals surface area (Å²) in [6, 6.07) is 1.46. The lowest BCUT2D eigenvalue weighted by Crippen LogP contribution is -2.44. The second-order valence-electron chi connectivity index (χ2n) is 6.38. The molecular formula is C15H25N3O3. The van der Waals surface area contributed by atoms with Crippen molar-refractivity contribution in [1.82, 2.24) is 14.5 Å². The lowest BCUT2D eigenvalue weighted by molar-refractivity contribution is -0.00641. The Kier molecular flexibility index (Phi) is 4.68. The highest BCUT2D eigenvalue weighted by Crippen LogP contribution is 2.31. The van der Waals surface area contributed by atoms with Gasteiger partial charge in [0.25, 0.3) is 5.56 Å². The Morgan fingerprint density at radius 3 is 2.52 bits per heavy atom. The number of rotatable bonds is 4. The summed E-state index contributed by atoms with van der Waals surface area (Å²) in [5, 5.41) is 13.7. The number of nitrogens with zero attached hydrogens (tertiary/aromatic N) is 2. The summed E-state index contributed by atoms with van der Waals surface area (Å²) < 4.78 is 2.54. The topological polar surface area (TPSA) is 76.3 Å². The Hall–Kier alpha value is -1.40. The van der Waals surface area contributed by atoms with Gasteiger partial charge in [-0.05, 0) is 31.6 Å². The molecule has 1 saturated carbocycles. The monoisotopic (exact) mass is 295 g/mol. The van der Waals surface area contributed by atoms with Crippen LogP contribution < -0.4 is 16.6 Å². The lowest BCUT2D eigenvalue weighted by atomic mass is 9.79. The van der Waals surface area contributed by atoms with E-state index < -0.39 is 5.60 Å². The van der Waals surface area contributed by atoms with E-state index in [1.54, 1.807) is 7.05 Å². The fraction of sp³-hybridized carbons (Fsp3) is 0.733. The third-order valence-electron chi connectivity index (χ3n) is 4.59. The van der Waals surface area contributed by atoms with Gasteiger partial charge in [-0.3, -0.25) is 13.9 Å². The first-order chi connectivity index (χ1) is 9.82. The van der Waals surface area contributed by atoms with E-state index in [9.17, 15) is 14.7 Å². The van der Waals surface area contributed by atoms with Crippen LogP contribution in [0.3, 0.4) is 0 Å². The van der Waals surface area contributed by atoms with Crippen LogP contribution in [0.1, 0.15) is 38.3 Å². The number of aromatic nitrogens is 2. The van der Waals surface area contributed by atoms with Crippen molar-refractivity contribution in [2.75, 3.05) is 6.54 Å². The fourth-order valence-corrected chi connectivity index (χ4v) is 2.85. The molecule has 1 aromatic heterocycles. The lowest BCUT2D eigenvalue weighted by Gasteiger charge is -2.35. The normalized spacial score (nSPS) is 26.0. The second kappa shape index (κ2) is 6.15. The molecule has 0 saturated heterocycles. The number of nitrogens with one attached hydrogen (secondary N) is 1. The van der Waals surface area contributed by atoms with Gasteiger partial charge in [0.05, 0.1) is 5.60 Å². The van der Waals surface area contributed by atoms with Crippen molar-refractivity contribution in [3.05, 3.63) is 32.6 Å². The van der Waals surface area contributed by atoms with E-state index in [1.807, 2.05) is 0 Å². The maximum Gasteiger partial charge on any atom is 0.330 e. The highest BCUT2D eigenvalue weighted by molar-refractivity contribution is 5.02. The molecule has 0 unspecified atom stereocenters. The van der Waals surface area contributed by atoms with E-state index in [1.165, 1.54) is 17.7 Å². The number of aliphatic hydroxyl groups is 1. The predicted molar refractivity (Wildman–Crippen MR) is 81.2 cm³/mol. The van der Waals surface area contributed by atoms with E-state index in [2.05, 4.69) is 12.2 Å². The number of hydrogen-bond donors (Lipinski definition) is 2. The van der Waals surface area contributed by atoms with Gasteiger partial charge in [0.15, 0.2) is 0 Å². The highest BCUT2D eigenvalue weighted by atomic mass is 16.3. The van der Waals surface area contributed by atoms with Crippen LogP contribution in [0.2, 0.25) is 0 Å². The molecule has 0 bridgehead atoms. The van der Waals surface area contributed by atoms with Crippen LogP contribution in [-0.2, 0) is 20.6 Å². The molecule has 0 radical (unpaired) electrons. The van der Waals surface area contributed by atoms with Crippen molar-refractivity contribution in [3.63, 3.8) is 0 Å². The molecule has 1 heterocycles. The summed E-state index contributed by atoms with van der Waals surface area (Å²) in [4.78, 5) is 23.5. The van der Waals surface area contributed by atoms with E-state index in [0.717, 1.165) is 30.3 Å². The van der Waals surface area contributed by atoms with Crippen LogP contribution in [0.15, 0.2) is 15.7 Å². The quantitative estimate of drug-likeness (QED) is 0.827. The van der Waals surface area contributed by atoms with Crippen LogP contribution in [0.5, 0.6) is 0 Å². The molecule has 1 aliphatic rings. The van der Waals surface area contributed by atoms with E-state index in [-0.39, 0.29) is 11.2 Å². The molecule has 0 spiro atoms. The van der Waals surface area contributed by atoms with Gasteiger partial charge in [-0.1, -0.05) is 6.92 Å². The van der Waals surface area contributed by atoms with Crippen molar-refractivity contribution < 1.29 is 5.11 Å². The van der Waals surface area contributed by atoms with Gasteiger partial charge in [0.1, 0.15) is 0 Å². The van der Waals surface area contributed by atoms with Gasteiger partial charge >= 0.3 is 5.69 Å². The van der Waals surface area contributed by atoms with Crippen molar-refractivity contribution in [3.8, 4) is 0 Å². The Balaban J connectivity index is 1.98. The molecule has 0 atom stereocenters. The van der Waals surface area contributed by atoms with Crippen molar-refractivity contribution >= 4 is 0 Å². The highest BCUT2D eigenvalue weighted by Gasteiger charge is 2.31. The number of hydrogen-bond acceptors (Lipinski definition) is 4. The molecule has 118 valence electrons. The van der Waals surface area contributed by atoms with Gasteiger partial charge in [0.2, 0.25) is 0 Å². The van der Waals surface area contributed by atoms with Crippen molar-refractivity contribution in [2.45, 2.75) is 44.8 Å². The molecule has 6 nitrogen and oxygen atoms in total. The van der Waals surface area contributed by atoms with Crippen LogP contribution in [-0.4, -0.2) is 26.4 Å². The SMILES string of the molecule is CC1CCC(O)(CNCc2cc(=O)n(C)c(=O)n2C)CC1. The third-order valence-corrected chi connectivity index (χ3v) is 4.59. The molecule has 2 rings (SSSR count). The van der Waals surface area contributed by atoms with Crippen molar-refractivity contribution in [1.29, 1.82) is 0 Å². The van der Waals surface area contributed by atoms with E-state index in [4.69, 9.17) is 0 Å².